The largest absolute Gasteiger partial charge is 0.348 e. The van der Waals surface area contributed by atoms with Crippen molar-refractivity contribution in [2.75, 3.05) is 15.9 Å². The topological polar surface area (TPSA) is 108 Å². The Morgan fingerprint density at radius 2 is 1.76 bits per heavy atom. The van der Waals surface area contributed by atoms with Crippen molar-refractivity contribution in [3.63, 3.8) is 0 Å². The third kappa shape index (κ3) is 6.16. The van der Waals surface area contributed by atoms with Gasteiger partial charge in [-0.05, 0) is 54.4 Å². The first-order valence-corrected chi connectivity index (χ1v) is 12.4. The van der Waals surface area contributed by atoms with Gasteiger partial charge in [0.2, 0.25) is 15.9 Å². The summed E-state index contributed by atoms with van der Waals surface area (Å²) in [4.78, 5) is 30.0. The number of anilines is 2. The van der Waals surface area contributed by atoms with Gasteiger partial charge < -0.3 is 10.6 Å². The fourth-order valence-electron chi connectivity index (χ4n) is 3.43. The van der Waals surface area contributed by atoms with E-state index in [0.717, 1.165) is 28.3 Å². The van der Waals surface area contributed by atoms with Crippen LogP contribution in [0.2, 0.25) is 0 Å². The third-order valence-corrected chi connectivity index (χ3v) is 6.20. The van der Waals surface area contributed by atoms with Gasteiger partial charge in [0.15, 0.2) is 0 Å². The number of halogens is 1. The predicted molar refractivity (Wildman–Crippen MR) is 128 cm³/mol. The maximum absolute atomic E-state index is 13.4. The van der Waals surface area contributed by atoms with E-state index in [-0.39, 0.29) is 29.9 Å². The first-order valence-electron chi connectivity index (χ1n) is 10.5. The number of nitrogens with one attached hydrogen (secondary N) is 2. The Morgan fingerprint density at radius 3 is 2.38 bits per heavy atom. The number of para-hydroxylation sites is 1. The second-order valence-electron chi connectivity index (χ2n) is 7.54. The van der Waals surface area contributed by atoms with Crippen molar-refractivity contribution in [2.45, 2.75) is 25.9 Å². The van der Waals surface area contributed by atoms with Crippen molar-refractivity contribution >= 4 is 33.2 Å². The lowest BCUT2D eigenvalue weighted by Crippen LogP contribution is -2.47. The van der Waals surface area contributed by atoms with Gasteiger partial charge in [0, 0.05) is 18.9 Å². The van der Waals surface area contributed by atoms with Crippen LogP contribution >= 0.6 is 0 Å². The number of hydrogen-bond acceptors (Lipinski definition) is 5. The van der Waals surface area contributed by atoms with Gasteiger partial charge in [-0.3, -0.25) is 18.9 Å². The number of pyridine rings is 1. The number of amides is 2. The van der Waals surface area contributed by atoms with Crippen LogP contribution in [0.25, 0.3) is 0 Å². The van der Waals surface area contributed by atoms with Crippen LogP contribution < -0.4 is 14.9 Å². The Morgan fingerprint density at radius 1 is 1.06 bits per heavy atom. The Hall–Kier alpha value is -3.79. The van der Waals surface area contributed by atoms with Crippen LogP contribution in [-0.4, -0.2) is 37.5 Å². The molecule has 1 atom stereocenters. The van der Waals surface area contributed by atoms with Gasteiger partial charge in [-0.1, -0.05) is 25.1 Å². The molecule has 0 saturated heterocycles. The maximum atomic E-state index is 13.4. The zero-order chi connectivity index (χ0) is 24.7. The minimum Gasteiger partial charge on any atom is -0.348 e. The van der Waals surface area contributed by atoms with Gasteiger partial charge in [0.1, 0.15) is 11.9 Å². The molecule has 0 spiro atoms. The van der Waals surface area contributed by atoms with Crippen molar-refractivity contribution < 1.29 is 22.4 Å². The van der Waals surface area contributed by atoms with Crippen LogP contribution in [0.5, 0.6) is 0 Å². The van der Waals surface area contributed by atoms with Crippen LogP contribution in [0.15, 0.2) is 73.1 Å². The second kappa shape index (κ2) is 10.9. The highest BCUT2D eigenvalue weighted by Gasteiger charge is 2.32. The van der Waals surface area contributed by atoms with Crippen molar-refractivity contribution in [3.8, 4) is 0 Å². The number of carbonyl (C=O) groups is 2. The minimum absolute atomic E-state index is 0.144. The Balaban J connectivity index is 1.83. The average molecular weight is 485 g/mol. The maximum Gasteiger partial charge on any atom is 0.253 e. The molecule has 1 unspecified atom stereocenters. The first-order chi connectivity index (χ1) is 16.2. The van der Waals surface area contributed by atoms with Crippen LogP contribution in [0.1, 0.15) is 29.3 Å². The van der Waals surface area contributed by atoms with Crippen molar-refractivity contribution in [1.82, 2.24) is 10.3 Å². The number of benzene rings is 2. The monoisotopic (exact) mass is 484 g/mol. The Labute approximate surface area is 197 Å². The van der Waals surface area contributed by atoms with Crippen molar-refractivity contribution in [3.05, 3.63) is 90.0 Å². The molecule has 3 rings (SSSR count). The van der Waals surface area contributed by atoms with E-state index < -0.39 is 33.7 Å². The summed E-state index contributed by atoms with van der Waals surface area (Å²) in [5, 5.41) is 5.46. The standard InChI is InChI=1S/C24H25FN4O4S/c1-3-22(29(34(2,32)33)19-12-10-18(25)11-13-19)24(31)28-21-9-5-4-8-20(21)23(30)27-16-17-7-6-14-26-15-17/h4-15,22H,3,16H2,1-2H3,(H,27,30)(H,28,31). The fraction of sp³-hybridized carbons (Fsp3) is 0.208. The molecule has 3 aromatic rings. The summed E-state index contributed by atoms with van der Waals surface area (Å²) in [6.45, 7) is 1.91. The molecule has 2 aromatic carbocycles. The Kier molecular flexibility index (Phi) is 7.95. The molecule has 2 N–H and O–H groups in total. The predicted octanol–water partition coefficient (Wildman–Crippen LogP) is 3.33. The molecule has 0 aliphatic carbocycles. The number of sulfonamides is 1. The van der Waals surface area contributed by atoms with E-state index in [1.54, 1.807) is 49.6 Å². The molecule has 1 aromatic heterocycles. The van der Waals surface area contributed by atoms with Crippen LogP contribution in [0.4, 0.5) is 15.8 Å². The average Bonchev–Trinajstić information content (AvgIpc) is 2.82. The smallest absolute Gasteiger partial charge is 0.253 e. The van der Waals surface area contributed by atoms with Gasteiger partial charge in [0.05, 0.1) is 23.2 Å². The van der Waals surface area contributed by atoms with E-state index >= 15 is 0 Å². The molecule has 0 bridgehead atoms. The second-order valence-corrected chi connectivity index (χ2v) is 9.40. The fourth-order valence-corrected chi connectivity index (χ4v) is 4.65. The molecule has 0 radical (unpaired) electrons. The van der Waals surface area contributed by atoms with Crippen LogP contribution in [-0.2, 0) is 21.4 Å². The van der Waals surface area contributed by atoms with Crippen molar-refractivity contribution in [1.29, 1.82) is 0 Å². The zero-order valence-electron chi connectivity index (χ0n) is 18.7. The number of aromatic nitrogens is 1. The summed E-state index contributed by atoms with van der Waals surface area (Å²) in [6.07, 6.45) is 4.39. The summed E-state index contributed by atoms with van der Waals surface area (Å²) < 4.78 is 39.4. The summed E-state index contributed by atoms with van der Waals surface area (Å²) in [5.74, 6) is -1.56. The molecule has 0 fully saturated rings. The molecule has 0 aliphatic heterocycles. The first kappa shape index (κ1) is 24.8. The molecule has 0 saturated carbocycles. The minimum atomic E-state index is -3.88. The van der Waals surface area contributed by atoms with E-state index in [2.05, 4.69) is 15.6 Å². The van der Waals surface area contributed by atoms with Gasteiger partial charge >= 0.3 is 0 Å². The van der Waals surface area contributed by atoms with E-state index in [0.29, 0.717) is 0 Å². The number of rotatable bonds is 9. The lowest BCUT2D eigenvalue weighted by Gasteiger charge is -2.30. The van der Waals surface area contributed by atoms with Gasteiger partial charge in [-0.15, -0.1) is 0 Å². The molecule has 0 aliphatic rings. The van der Waals surface area contributed by atoms with E-state index in [1.165, 1.54) is 12.1 Å². The lowest BCUT2D eigenvalue weighted by atomic mass is 10.1. The molecular formula is C24H25FN4O4S. The highest BCUT2D eigenvalue weighted by molar-refractivity contribution is 7.92. The van der Waals surface area contributed by atoms with Crippen molar-refractivity contribution in [2.24, 2.45) is 0 Å². The molecule has 8 nitrogen and oxygen atoms in total. The molecule has 178 valence electrons. The summed E-state index contributed by atoms with van der Waals surface area (Å²) in [5.41, 5.74) is 1.43. The quantitative estimate of drug-likeness (QED) is 0.484. The molecule has 1 heterocycles. The molecule has 34 heavy (non-hydrogen) atoms. The van der Waals surface area contributed by atoms with Crippen LogP contribution in [0, 0.1) is 5.82 Å². The number of nitrogens with zero attached hydrogens (tertiary/aromatic N) is 2. The van der Waals surface area contributed by atoms with Crippen LogP contribution in [0.3, 0.4) is 0 Å². The molecular weight excluding hydrogens is 459 g/mol. The summed E-state index contributed by atoms with van der Waals surface area (Å²) in [7, 11) is -3.88. The van der Waals surface area contributed by atoms with Gasteiger partial charge in [-0.2, -0.15) is 0 Å². The lowest BCUT2D eigenvalue weighted by molar-refractivity contribution is -0.117. The van der Waals surface area contributed by atoms with Gasteiger partial charge in [-0.25, -0.2) is 12.8 Å². The van der Waals surface area contributed by atoms with Gasteiger partial charge in [0.25, 0.3) is 5.91 Å². The normalized spacial score (nSPS) is 12.0. The number of carbonyl (C=O) groups excluding carboxylic acids is 2. The SMILES string of the molecule is CCC(C(=O)Nc1ccccc1C(=O)NCc1cccnc1)N(c1ccc(F)cc1)S(C)(=O)=O. The number of hydrogen-bond donors (Lipinski definition) is 2. The summed E-state index contributed by atoms with van der Waals surface area (Å²) in [6, 6.07) is 13.7. The van der Waals surface area contributed by atoms with E-state index in [1.807, 2.05) is 6.07 Å². The molecule has 2 amide bonds. The highest BCUT2D eigenvalue weighted by Crippen LogP contribution is 2.24. The van der Waals surface area contributed by atoms with E-state index in [4.69, 9.17) is 0 Å². The Bertz CT molecular complexity index is 1250. The summed E-state index contributed by atoms with van der Waals surface area (Å²) >= 11 is 0. The highest BCUT2D eigenvalue weighted by atomic mass is 32.2. The third-order valence-electron chi connectivity index (χ3n) is 5.02. The molecule has 10 heteroatoms. The zero-order valence-corrected chi connectivity index (χ0v) is 19.5. The van der Waals surface area contributed by atoms with E-state index in [9.17, 15) is 22.4 Å².